The Labute approximate surface area is 140 Å². The van der Waals surface area contributed by atoms with Crippen LogP contribution in [0.3, 0.4) is 0 Å². The Balaban J connectivity index is 1.67. The molecular formula is C16H23N3O3S. The van der Waals surface area contributed by atoms with Crippen molar-refractivity contribution in [3.8, 4) is 0 Å². The fraction of sp³-hybridized carbons (Fsp3) is 0.625. The number of carbonyl (C=O) groups excluding carboxylic acids is 1. The van der Waals surface area contributed by atoms with Crippen LogP contribution >= 0.6 is 11.8 Å². The molecule has 2 aliphatic heterocycles. The number of pyridine rings is 1. The fourth-order valence-electron chi connectivity index (χ4n) is 3.17. The maximum Gasteiger partial charge on any atom is 0.251 e. The monoisotopic (exact) mass is 337 g/mol. The van der Waals surface area contributed by atoms with E-state index in [-0.39, 0.29) is 17.0 Å². The zero-order valence-corrected chi connectivity index (χ0v) is 14.2. The lowest BCUT2D eigenvalue weighted by Gasteiger charge is -2.43. The van der Waals surface area contributed by atoms with Gasteiger partial charge >= 0.3 is 0 Å². The van der Waals surface area contributed by atoms with Crippen LogP contribution < -0.4 is 10.9 Å². The molecule has 0 unspecified atom stereocenters. The summed E-state index contributed by atoms with van der Waals surface area (Å²) in [6.45, 7) is 3.98. The second-order valence-corrected chi connectivity index (χ2v) is 7.28. The van der Waals surface area contributed by atoms with Crippen LogP contribution in [0.2, 0.25) is 0 Å². The van der Waals surface area contributed by atoms with Crippen molar-refractivity contribution >= 4 is 17.7 Å². The molecule has 0 radical (unpaired) electrons. The molecule has 1 aromatic heterocycles. The number of aryl methyl sites for hydroxylation is 1. The van der Waals surface area contributed by atoms with Gasteiger partial charge in [-0.1, -0.05) is 0 Å². The maximum atomic E-state index is 12.4. The number of morpholine rings is 1. The third-order valence-corrected chi connectivity index (χ3v) is 5.94. The predicted octanol–water partition coefficient (Wildman–Crippen LogP) is 0.323. The van der Waals surface area contributed by atoms with E-state index >= 15 is 0 Å². The lowest BCUT2D eigenvalue weighted by Crippen LogP contribution is -2.59. The van der Waals surface area contributed by atoms with Crippen molar-refractivity contribution in [1.29, 1.82) is 0 Å². The minimum absolute atomic E-state index is 0.0177. The Morgan fingerprint density at radius 3 is 2.87 bits per heavy atom. The highest BCUT2D eigenvalue weighted by atomic mass is 32.2. The van der Waals surface area contributed by atoms with Crippen LogP contribution in [0.15, 0.2) is 23.1 Å². The second kappa shape index (κ2) is 7.07. The number of amides is 1. The Morgan fingerprint density at radius 2 is 2.22 bits per heavy atom. The molecule has 7 heteroatoms. The van der Waals surface area contributed by atoms with Gasteiger partial charge in [0.2, 0.25) is 0 Å². The van der Waals surface area contributed by atoms with Gasteiger partial charge in [-0.25, -0.2) is 0 Å². The molecule has 1 aromatic rings. The van der Waals surface area contributed by atoms with Crippen molar-refractivity contribution in [1.82, 2.24) is 14.8 Å². The Kier molecular flexibility index (Phi) is 5.08. The van der Waals surface area contributed by atoms with E-state index in [2.05, 4.69) is 10.2 Å². The molecule has 0 aromatic carbocycles. The van der Waals surface area contributed by atoms with E-state index in [9.17, 15) is 9.59 Å². The molecular weight excluding hydrogens is 314 g/mol. The van der Waals surface area contributed by atoms with Gasteiger partial charge in [0.15, 0.2) is 0 Å². The summed E-state index contributed by atoms with van der Waals surface area (Å²) in [4.78, 5) is 26.5. The zero-order valence-electron chi connectivity index (χ0n) is 13.4. The molecule has 126 valence electrons. The van der Waals surface area contributed by atoms with Gasteiger partial charge in [-0.2, -0.15) is 11.8 Å². The first-order chi connectivity index (χ1) is 11.1. The van der Waals surface area contributed by atoms with Crippen molar-refractivity contribution in [2.24, 2.45) is 7.05 Å². The van der Waals surface area contributed by atoms with E-state index in [1.165, 1.54) is 10.6 Å². The molecule has 1 amide bonds. The van der Waals surface area contributed by atoms with E-state index in [4.69, 9.17) is 4.74 Å². The highest BCUT2D eigenvalue weighted by Crippen LogP contribution is 2.33. The van der Waals surface area contributed by atoms with Crippen LogP contribution in [0, 0.1) is 0 Å². The third-order valence-electron chi connectivity index (χ3n) is 4.71. The third kappa shape index (κ3) is 3.62. The van der Waals surface area contributed by atoms with Gasteiger partial charge in [0, 0.05) is 55.8 Å². The first kappa shape index (κ1) is 16.5. The molecule has 2 aliphatic rings. The molecule has 1 atom stereocenters. The number of hydrogen-bond acceptors (Lipinski definition) is 5. The highest BCUT2D eigenvalue weighted by Gasteiger charge is 2.40. The molecule has 0 bridgehead atoms. The molecule has 23 heavy (non-hydrogen) atoms. The Bertz CT molecular complexity index is 619. The summed E-state index contributed by atoms with van der Waals surface area (Å²) in [5.74, 6) is 1.98. The number of carbonyl (C=O) groups is 1. The normalized spacial score (nSPS) is 25.4. The zero-order chi connectivity index (χ0) is 16.3. The molecule has 1 N–H and O–H groups in total. The number of rotatable bonds is 4. The highest BCUT2D eigenvalue weighted by molar-refractivity contribution is 7.99. The summed E-state index contributed by atoms with van der Waals surface area (Å²) < 4.78 is 6.91. The van der Waals surface area contributed by atoms with Gasteiger partial charge in [0.05, 0.1) is 13.2 Å². The SMILES string of the molecule is Cn1ccc(C(=O)NC[C@@]2(N3CCOCC3)CCSC2)cc1=O. The first-order valence-corrected chi connectivity index (χ1v) is 9.12. The summed E-state index contributed by atoms with van der Waals surface area (Å²) in [5, 5.41) is 3.04. The van der Waals surface area contributed by atoms with Crippen LogP contribution in [-0.2, 0) is 11.8 Å². The second-order valence-electron chi connectivity index (χ2n) is 6.17. The van der Waals surface area contributed by atoms with Gasteiger partial charge in [-0.05, 0) is 18.2 Å². The Hall–Kier alpha value is -1.31. The molecule has 0 saturated carbocycles. The van der Waals surface area contributed by atoms with Gasteiger partial charge in [0.25, 0.3) is 11.5 Å². The molecule has 3 heterocycles. The smallest absolute Gasteiger partial charge is 0.251 e. The summed E-state index contributed by atoms with van der Waals surface area (Å²) >= 11 is 1.94. The number of aromatic nitrogens is 1. The van der Waals surface area contributed by atoms with Gasteiger partial charge < -0.3 is 14.6 Å². The minimum Gasteiger partial charge on any atom is -0.379 e. The molecule has 2 saturated heterocycles. The van der Waals surface area contributed by atoms with Crippen molar-refractivity contribution in [2.45, 2.75) is 12.0 Å². The lowest BCUT2D eigenvalue weighted by atomic mass is 9.95. The number of nitrogens with zero attached hydrogens (tertiary/aromatic N) is 2. The molecule has 2 fully saturated rings. The number of hydrogen-bond donors (Lipinski definition) is 1. The van der Waals surface area contributed by atoms with Gasteiger partial charge in [-0.3, -0.25) is 14.5 Å². The minimum atomic E-state index is -0.174. The molecule has 6 nitrogen and oxygen atoms in total. The fourth-order valence-corrected chi connectivity index (χ4v) is 4.65. The average Bonchev–Trinajstić information content (AvgIpc) is 3.06. The molecule has 3 rings (SSSR count). The topological polar surface area (TPSA) is 63.6 Å². The van der Waals surface area contributed by atoms with Crippen molar-refractivity contribution in [3.63, 3.8) is 0 Å². The summed E-state index contributed by atoms with van der Waals surface area (Å²) in [7, 11) is 1.67. The van der Waals surface area contributed by atoms with E-state index in [0.717, 1.165) is 44.2 Å². The van der Waals surface area contributed by atoms with E-state index in [1.54, 1.807) is 19.3 Å². The molecule has 0 spiro atoms. The van der Waals surface area contributed by atoms with Crippen LogP contribution in [0.4, 0.5) is 0 Å². The number of ether oxygens (including phenoxy) is 1. The van der Waals surface area contributed by atoms with E-state index < -0.39 is 0 Å². The van der Waals surface area contributed by atoms with Crippen molar-refractivity contribution in [3.05, 3.63) is 34.2 Å². The summed E-state index contributed by atoms with van der Waals surface area (Å²) in [6.07, 6.45) is 2.70. The average molecular weight is 337 g/mol. The van der Waals surface area contributed by atoms with Crippen LogP contribution in [0.1, 0.15) is 16.8 Å². The summed E-state index contributed by atoms with van der Waals surface area (Å²) in [5.41, 5.74) is 0.275. The number of nitrogens with one attached hydrogen (secondary N) is 1. The van der Waals surface area contributed by atoms with E-state index in [1.807, 2.05) is 11.8 Å². The maximum absolute atomic E-state index is 12.4. The standard InChI is InChI=1S/C16H23N3O3S/c1-18-4-2-13(10-14(18)20)15(21)17-11-16(3-9-23-12-16)19-5-7-22-8-6-19/h2,4,10H,3,5-9,11-12H2,1H3,(H,17,21)/t16-/m0/s1. The van der Waals surface area contributed by atoms with Crippen molar-refractivity contribution in [2.75, 3.05) is 44.4 Å². The predicted molar refractivity (Wildman–Crippen MR) is 91.1 cm³/mol. The largest absolute Gasteiger partial charge is 0.379 e. The van der Waals surface area contributed by atoms with Crippen LogP contribution in [0.25, 0.3) is 0 Å². The quantitative estimate of drug-likeness (QED) is 0.857. The lowest BCUT2D eigenvalue weighted by molar-refractivity contribution is -0.0129. The summed E-state index contributed by atoms with van der Waals surface area (Å²) in [6, 6.07) is 3.07. The van der Waals surface area contributed by atoms with Gasteiger partial charge in [0.1, 0.15) is 0 Å². The number of thioether (sulfide) groups is 1. The van der Waals surface area contributed by atoms with Crippen LogP contribution in [-0.4, -0.2) is 65.3 Å². The Morgan fingerprint density at radius 1 is 1.43 bits per heavy atom. The van der Waals surface area contributed by atoms with Gasteiger partial charge in [-0.15, -0.1) is 0 Å². The van der Waals surface area contributed by atoms with Crippen molar-refractivity contribution < 1.29 is 9.53 Å². The van der Waals surface area contributed by atoms with E-state index in [0.29, 0.717) is 12.1 Å². The first-order valence-electron chi connectivity index (χ1n) is 7.96. The molecule has 0 aliphatic carbocycles. The van der Waals surface area contributed by atoms with Crippen LogP contribution in [0.5, 0.6) is 0 Å².